The van der Waals surface area contributed by atoms with Crippen LogP contribution in [0.2, 0.25) is 0 Å². The van der Waals surface area contributed by atoms with Crippen LogP contribution >= 0.6 is 24.0 Å². The SMILES string of the molecule is CCNC(=NCc1ccc(OC)c(OCC)c1)NCCC(=O)N(CC)CC.I. The van der Waals surface area contributed by atoms with Crippen molar-refractivity contribution >= 4 is 35.8 Å². The van der Waals surface area contributed by atoms with Crippen LogP contribution < -0.4 is 20.1 Å². The number of nitrogens with one attached hydrogen (secondary N) is 2. The Balaban J connectivity index is 0.00000729. The minimum absolute atomic E-state index is 0. The number of carbonyl (C=O) groups excluding carboxylic acids is 1. The second-order valence-electron chi connectivity index (χ2n) is 5.86. The summed E-state index contributed by atoms with van der Waals surface area (Å²) in [5.74, 6) is 2.28. The summed E-state index contributed by atoms with van der Waals surface area (Å²) in [6.45, 7) is 11.8. The molecule has 0 aliphatic heterocycles. The molecule has 7 nitrogen and oxygen atoms in total. The Kier molecular flexibility index (Phi) is 14.3. The zero-order valence-electron chi connectivity index (χ0n) is 17.7. The van der Waals surface area contributed by atoms with Crippen molar-refractivity contribution in [1.29, 1.82) is 0 Å². The molecule has 0 atom stereocenters. The van der Waals surface area contributed by atoms with Crippen LogP contribution in [0.1, 0.15) is 39.7 Å². The molecule has 0 aromatic heterocycles. The maximum Gasteiger partial charge on any atom is 0.224 e. The number of benzene rings is 1. The molecule has 1 aromatic carbocycles. The van der Waals surface area contributed by atoms with Gasteiger partial charge < -0.3 is 25.0 Å². The van der Waals surface area contributed by atoms with E-state index >= 15 is 0 Å². The molecule has 0 unspecified atom stereocenters. The molecule has 1 aromatic rings. The summed E-state index contributed by atoms with van der Waals surface area (Å²) in [5.41, 5.74) is 1.02. The largest absolute Gasteiger partial charge is 0.493 e. The molecule has 8 heteroatoms. The highest BCUT2D eigenvalue weighted by Gasteiger charge is 2.09. The van der Waals surface area contributed by atoms with E-state index in [0.29, 0.717) is 37.8 Å². The van der Waals surface area contributed by atoms with Gasteiger partial charge in [0.1, 0.15) is 0 Å². The second-order valence-corrected chi connectivity index (χ2v) is 5.86. The third-order valence-electron chi connectivity index (χ3n) is 4.04. The number of guanidine groups is 1. The quantitative estimate of drug-likeness (QED) is 0.274. The molecule has 0 heterocycles. The smallest absolute Gasteiger partial charge is 0.224 e. The first kappa shape index (κ1) is 26.3. The Bertz CT molecular complexity index is 607. The minimum Gasteiger partial charge on any atom is -0.493 e. The zero-order chi connectivity index (χ0) is 20.1. The second kappa shape index (κ2) is 15.2. The average Bonchev–Trinajstić information content (AvgIpc) is 2.67. The molecular formula is C20H35IN4O3. The zero-order valence-corrected chi connectivity index (χ0v) is 20.0. The Hall–Kier alpha value is -1.71. The van der Waals surface area contributed by atoms with Crippen molar-refractivity contribution in [2.75, 3.05) is 39.9 Å². The lowest BCUT2D eigenvalue weighted by molar-refractivity contribution is -0.130. The van der Waals surface area contributed by atoms with Crippen LogP contribution in [0.5, 0.6) is 11.5 Å². The molecule has 0 fully saturated rings. The van der Waals surface area contributed by atoms with Crippen LogP contribution in [0, 0.1) is 0 Å². The van der Waals surface area contributed by atoms with Gasteiger partial charge in [0.15, 0.2) is 17.5 Å². The lowest BCUT2D eigenvalue weighted by Crippen LogP contribution is -2.40. The van der Waals surface area contributed by atoms with Gasteiger partial charge in [-0.1, -0.05) is 6.07 Å². The molecule has 2 N–H and O–H groups in total. The van der Waals surface area contributed by atoms with E-state index in [-0.39, 0.29) is 29.9 Å². The minimum atomic E-state index is 0. The van der Waals surface area contributed by atoms with E-state index in [1.807, 2.05) is 50.8 Å². The fourth-order valence-electron chi connectivity index (χ4n) is 2.62. The Labute approximate surface area is 186 Å². The van der Waals surface area contributed by atoms with Crippen LogP contribution in [0.4, 0.5) is 0 Å². The van der Waals surface area contributed by atoms with Crippen LogP contribution in [0.3, 0.4) is 0 Å². The molecule has 0 spiro atoms. The van der Waals surface area contributed by atoms with Gasteiger partial charge in [0.25, 0.3) is 0 Å². The normalized spacial score (nSPS) is 10.7. The van der Waals surface area contributed by atoms with Gasteiger partial charge in [-0.25, -0.2) is 4.99 Å². The molecule has 160 valence electrons. The summed E-state index contributed by atoms with van der Waals surface area (Å²) >= 11 is 0. The van der Waals surface area contributed by atoms with Crippen molar-refractivity contribution in [2.24, 2.45) is 4.99 Å². The molecule has 0 saturated heterocycles. The molecule has 1 amide bonds. The highest BCUT2D eigenvalue weighted by atomic mass is 127. The Morgan fingerprint density at radius 3 is 2.39 bits per heavy atom. The number of carbonyl (C=O) groups is 1. The summed E-state index contributed by atoms with van der Waals surface area (Å²) in [7, 11) is 1.63. The summed E-state index contributed by atoms with van der Waals surface area (Å²) in [4.78, 5) is 18.5. The van der Waals surface area contributed by atoms with Gasteiger partial charge >= 0.3 is 0 Å². The van der Waals surface area contributed by atoms with E-state index in [1.165, 1.54) is 0 Å². The third kappa shape index (κ3) is 8.99. The van der Waals surface area contributed by atoms with Gasteiger partial charge in [0.05, 0.1) is 20.3 Å². The molecule has 0 aliphatic rings. The van der Waals surface area contributed by atoms with Crippen LogP contribution in [0.15, 0.2) is 23.2 Å². The summed E-state index contributed by atoms with van der Waals surface area (Å²) in [6.07, 6.45) is 0.448. The number of hydrogen-bond acceptors (Lipinski definition) is 4. The monoisotopic (exact) mass is 506 g/mol. The number of nitrogens with zero attached hydrogens (tertiary/aromatic N) is 2. The van der Waals surface area contributed by atoms with E-state index in [4.69, 9.17) is 9.47 Å². The van der Waals surface area contributed by atoms with Crippen molar-refractivity contribution in [1.82, 2.24) is 15.5 Å². The summed E-state index contributed by atoms with van der Waals surface area (Å²) < 4.78 is 10.9. The topological polar surface area (TPSA) is 75.2 Å². The Morgan fingerprint density at radius 1 is 1.11 bits per heavy atom. The fourth-order valence-corrected chi connectivity index (χ4v) is 2.62. The maximum absolute atomic E-state index is 12.1. The predicted octanol–water partition coefficient (Wildman–Crippen LogP) is 3.03. The van der Waals surface area contributed by atoms with E-state index < -0.39 is 0 Å². The standard InChI is InChI=1S/C20H34N4O3.HI/c1-6-21-20(22-13-12-19(25)24(7-2)8-3)23-15-16-10-11-17(26-5)18(14-16)27-9-4;/h10-11,14H,6-9,12-13,15H2,1-5H3,(H2,21,22,23);1H. The number of halogens is 1. The summed E-state index contributed by atoms with van der Waals surface area (Å²) in [5, 5.41) is 6.43. The summed E-state index contributed by atoms with van der Waals surface area (Å²) in [6, 6.07) is 5.80. The molecule has 1 rings (SSSR count). The number of methoxy groups -OCH3 is 1. The number of ether oxygens (including phenoxy) is 2. The number of rotatable bonds is 11. The van der Waals surface area contributed by atoms with Gasteiger partial charge in [-0.2, -0.15) is 0 Å². The number of aliphatic imine (C=N–C) groups is 1. The van der Waals surface area contributed by atoms with Gasteiger partial charge in [0, 0.05) is 32.6 Å². The first-order valence-corrected chi connectivity index (χ1v) is 9.69. The average molecular weight is 506 g/mol. The molecule has 28 heavy (non-hydrogen) atoms. The first-order chi connectivity index (χ1) is 13.1. The van der Waals surface area contributed by atoms with Gasteiger partial charge in [0.2, 0.25) is 5.91 Å². The van der Waals surface area contributed by atoms with E-state index in [0.717, 1.165) is 30.9 Å². The molecular weight excluding hydrogens is 471 g/mol. The molecule has 0 aliphatic carbocycles. The fraction of sp³-hybridized carbons (Fsp3) is 0.600. The van der Waals surface area contributed by atoms with Crippen molar-refractivity contribution < 1.29 is 14.3 Å². The highest BCUT2D eigenvalue weighted by Crippen LogP contribution is 2.28. The van der Waals surface area contributed by atoms with Crippen LogP contribution in [-0.4, -0.2) is 56.7 Å². The van der Waals surface area contributed by atoms with Crippen molar-refractivity contribution in [3.63, 3.8) is 0 Å². The van der Waals surface area contributed by atoms with Crippen molar-refractivity contribution in [3.05, 3.63) is 23.8 Å². The maximum atomic E-state index is 12.1. The van der Waals surface area contributed by atoms with E-state index in [1.54, 1.807) is 7.11 Å². The molecule has 0 saturated carbocycles. The van der Waals surface area contributed by atoms with Crippen LogP contribution in [0.25, 0.3) is 0 Å². The van der Waals surface area contributed by atoms with Crippen molar-refractivity contribution in [2.45, 2.75) is 40.7 Å². The van der Waals surface area contributed by atoms with E-state index in [9.17, 15) is 4.79 Å². The molecule has 0 bridgehead atoms. The Morgan fingerprint density at radius 2 is 1.82 bits per heavy atom. The van der Waals surface area contributed by atoms with Gasteiger partial charge in [-0.3, -0.25) is 4.79 Å². The third-order valence-corrected chi connectivity index (χ3v) is 4.04. The number of amides is 1. The number of hydrogen-bond donors (Lipinski definition) is 2. The van der Waals surface area contributed by atoms with E-state index in [2.05, 4.69) is 15.6 Å². The predicted molar refractivity (Wildman–Crippen MR) is 125 cm³/mol. The lowest BCUT2D eigenvalue weighted by atomic mass is 10.2. The molecule has 0 radical (unpaired) electrons. The van der Waals surface area contributed by atoms with Crippen molar-refractivity contribution in [3.8, 4) is 11.5 Å². The van der Waals surface area contributed by atoms with Gasteiger partial charge in [-0.05, 0) is 45.4 Å². The van der Waals surface area contributed by atoms with Gasteiger partial charge in [-0.15, -0.1) is 24.0 Å². The lowest BCUT2D eigenvalue weighted by Gasteiger charge is -2.19. The highest BCUT2D eigenvalue weighted by molar-refractivity contribution is 14.0. The van der Waals surface area contributed by atoms with Crippen LogP contribution in [-0.2, 0) is 11.3 Å². The first-order valence-electron chi connectivity index (χ1n) is 9.69.